The Labute approximate surface area is 132 Å². The Hall–Kier alpha value is -0.900. The third-order valence-electron chi connectivity index (χ3n) is 3.14. The fraction of sp³-hybridized carbons (Fsp3) is 0.250. The molecule has 0 aromatic heterocycles. The predicted molar refractivity (Wildman–Crippen MR) is 85.7 cm³/mol. The monoisotopic (exact) mass is 355 g/mol. The van der Waals surface area contributed by atoms with Crippen LogP contribution in [0.2, 0.25) is 5.02 Å². The minimum atomic E-state index is -0.210. The Morgan fingerprint density at radius 3 is 2.55 bits per heavy atom. The Bertz CT molecular complexity index is 571. The second kappa shape index (κ2) is 7.21. The van der Waals surface area contributed by atoms with Crippen LogP contribution in [0.4, 0.5) is 4.39 Å². The molecule has 1 nitrogen and oxygen atoms in total. The van der Waals surface area contributed by atoms with Crippen LogP contribution in [0.1, 0.15) is 24.1 Å². The molecule has 4 heteroatoms. The van der Waals surface area contributed by atoms with Crippen LogP contribution in [0, 0.1) is 5.82 Å². The molecule has 0 aliphatic rings. The lowest BCUT2D eigenvalue weighted by Gasteiger charge is -2.20. The van der Waals surface area contributed by atoms with Crippen molar-refractivity contribution in [2.24, 2.45) is 0 Å². The van der Waals surface area contributed by atoms with E-state index in [1.807, 2.05) is 30.3 Å². The first-order valence-electron chi connectivity index (χ1n) is 6.53. The molecule has 2 rings (SSSR count). The van der Waals surface area contributed by atoms with E-state index in [0.29, 0.717) is 5.02 Å². The van der Waals surface area contributed by atoms with Gasteiger partial charge in [-0.05, 0) is 54.4 Å². The quantitative estimate of drug-likeness (QED) is 0.782. The third kappa shape index (κ3) is 4.05. The maximum Gasteiger partial charge on any atom is 0.123 e. The number of likely N-dealkylation sites (N-methyl/N-ethyl adjacent to an activating group) is 1. The molecule has 0 saturated carbocycles. The molecule has 0 aliphatic heterocycles. The van der Waals surface area contributed by atoms with Crippen molar-refractivity contribution in [3.63, 3.8) is 0 Å². The molecule has 1 atom stereocenters. The van der Waals surface area contributed by atoms with Crippen LogP contribution in [0.5, 0.6) is 0 Å². The third-order valence-corrected chi connectivity index (χ3v) is 4.09. The summed E-state index contributed by atoms with van der Waals surface area (Å²) in [4.78, 5) is 0. The van der Waals surface area contributed by atoms with E-state index in [1.165, 1.54) is 12.1 Å². The molecule has 0 heterocycles. The molecule has 106 valence electrons. The Morgan fingerprint density at radius 2 is 1.90 bits per heavy atom. The predicted octanol–water partition coefficient (Wildman–Crippen LogP) is 5.13. The average Bonchev–Trinajstić information content (AvgIpc) is 2.43. The van der Waals surface area contributed by atoms with E-state index in [-0.39, 0.29) is 11.9 Å². The molecular formula is C16H16BrClFN. The summed E-state index contributed by atoms with van der Waals surface area (Å²) in [5, 5.41) is 4.16. The lowest BCUT2D eigenvalue weighted by molar-refractivity contribution is 0.547. The second-order valence-electron chi connectivity index (χ2n) is 4.61. The number of hydrogen-bond acceptors (Lipinski definition) is 1. The van der Waals surface area contributed by atoms with Gasteiger partial charge < -0.3 is 5.32 Å². The standard InChI is InChI=1S/C16H16BrClFN/c1-2-20-16(9-11-3-6-13(19)7-4-11)14-10-12(18)5-8-15(14)17/h3-8,10,16,20H,2,9H2,1H3. The minimum Gasteiger partial charge on any atom is -0.310 e. The summed E-state index contributed by atoms with van der Waals surface area (Å²) in [6.45, 7) is 2.92. The fourth-order valence-electron chi connectivity index (χ4n) is 2.18. The van der Waals surface area contributed by atoms with Gasteiger partial charge in [-0.2, -0.15) is 0 Å². The van der Waals surface area contributed by atoms with Gasteiger partial charge in [-0.1, -0.05) is 46.6 Å². The minimum absolute atomic E-state index is 0.138. The van der Waals surface area contributed by atoms with E-state index in [4.69, 9.17) is 11.6 Å². The number of hydrogen-bond donors (Lipinski definition) is 1. The molecule has 1 N–H and O–H groups in total. The van der Waals surface area contributed by atoms with E-state index < -0.39 is 0 Å². The Balaban J connectivity index is 2.26. The van der Waals surface area contributed by atoms with Crippen LogP contribution < -0.4 is 5.32 Å². The molecule has 0 bridgehead atoms. The zero-order valence-corrected chi connectivity index (χ0v) is 13.5. The van der Waals surface area contributed by atoms with Crippen molar-refractivity contribution in [2.75, 3.05) is 6.54 Å². The molecule has 0 fully saturated rings. The van der Waals surface area contributed by atoms with E-state index in [2.05, 4.69) is 28.2 Å². The van der Waals surface area contributed by atoms with Crippen molar-refractivity contribution in [1.82, 2.24) is 5.32 Å². The number of nitrogens with one attached hydrogen (secondary N) is 1. The van der Waals surface area contributed by atoms with Crippen molar-refractivity contribution in [3.8, 4) is 0 Å². The van der Waals surface area contributed by atoms with Gasteiger partial charge in [0, 0.05) is 15.5 Å². The normalized spacial score (nSPS) is 12.4. The summed E-state index contributed by atoms with van der Waals surface area (Å²) in [5.74, 6) is -0.210. The Kier molecular flexibility index (Phi) is 5.58. The number of halogens is 3. The summed E-state index contributed by atoms with van der Waals surface area (Å²) in [5.41, 5.74) is 2.20. The van der Waals surface area contributed by atoms with Crippen LogP contribution in [-0.2, 0) is 6.42 Å². The van der Waals surface area contributed by atoms with Gasteiger partial charge in [-0.25, -0.2) is 4.39 Å². The molecule has 0 amide bonds. The molecule has 2 aromatic rings. The SMILES string of the molecule is CCNC(Cc1ccc(F)cc1)c1cc(Cl)ccc1Br. The van der Waals surface area contributed by atoms with Crippen LogP contribution in [0.3, 0.4) is 0 Å². The molecular weight excluding hydrogens is 341 g/mol. The topological polar surface area (TPSA) is 12.0 Å². The maximum absolute atomic E-state index is 13.0. The van der Waals surface area contributed by atoms with Gasteiger partial charge in [0.25, 0.3) is 0 Å². The van der Waals surface area contributed by atoms with Crippen LogP contribution >= 0.6 is 27.5 Å². The highest BCUT2D eigenvalue weighted by Gasteiger charge is 2.15. The molecule has 1 unspecified atom stereocenters. The fourth-order valence-corrected chi connectivity index (χ4v) is 2.88. The molecule has 0 saturated heterocycles. The van der Waals surface area contributed by atoms with E-state index >= 15 is 0 Å². The van der Waals surface area contributed by atoms with Gasteiger partial charge in [0.15, 0.2) is 0 Å². The van der Waals surface area contributed by atoms with Crippen molar-refractivity contribution in [1.29, 1.82) is 0 Å². The number of rotatable bonds is 5. The van der Waals surface area contributed by atoms with E-state index in [9.17, 15) is 4.39 Å². The molecule has 20 heavy (non-hydrogen) atoms. The highest BCUT2D eigenvalue weighted by Crippen LogP contribution is 2.29. The zero-order chi connectivity index (χ0) is 14.5. The van der Waals surface area contributed by atoms with Crippen molar-refractivity contribution in [3.05, 3.63) is 68.9 Å². The highest BCUT2D eigenvalue weighted by molar-refractivity contribution is 9.10. The molecule has 0 spiro atoms. The summed E-state index contributed by atoms with van der Waals surface area (Å²) in [6, 6.07) is 12.5. The van der Waals surface area contributed by atoms with Crippen LogP contribution in [-0.4, -0.2) is 6.54 Å². The zero-order valence-electron chi connectivity index (χ0n) is 11.2. The highest BCUT2D eigenvalue weighted by atomic mass is 79.9. The molecule has 2 aromatic carbocycles. The van der Waals surface area contributed by atoms with Gasteiger partial charge in [-0.15, -0.1) is 0 Å². The molecule has 0 aliphatic carbocycles. The summed E-state index contributed by atoms with van der Waals surface area (Å²) in [7, 11) is 0. The van der Waals surface area contributed by atoms with E-state index in [1.54, 1.807) is 0 Å². The summed E-state index contributed by atoms with van der Waals surface area (Å²) < 4.78 is 14.0. The van der Waals surface area contributed by atoms with Crippen LogP contribution in [0.25, 0.3) is 0 Å². The van der Waals surface area contributed by atoms with Gasteiger partial charge in [-0.3, -0.25) is 0 Å². The molecule has 0 radical (unpaired) electrons. The maximum atomic E-state index is 13.0. The van der Waals surface area contributed by atoms with Crippen LogP contribution in [0.15, 0.2) is 46.9 Å². The second-order valence-corrected chi connectivity index (χ2v) is 5.90. The van der Waals surface area contributed by atoms with Gasteiger partial charge in [0.1, 0.15) is 5.82 Å². The lowest BCUT2D eigenvalue weighted by Crippen LogP contribution is -2.23. The first-order chi connectivity index (χ1) is 9.60. The first kappa shape index (κ1) is 15.5. The summed E-state index contributed by atoms with van der Waals surface area (Å²) >= 11 is 9.65. The lowest BCUT2D eigenvalue weighted by atomic mass is 9.99. The van der Waals surface area contributed by atoms with E-state index in [0.717, 1.165) is 28.6 Å². The van der Waals surface area contributed by atoms with Gasteiger partial charge in [0.2, 0.25) is 0 Å². The van der Waals surface area contributed by atoms with Crippen molar-refractivity contribution in [2.45, 2.75) is 19.4 Å². The smallest absolute Gasteiger partial charge is 0.123 e. The Morgan fingerprint density at radius 1 is 1.20 bits per heavy atom. The largest absolute Gasteiger partial charge is 0.310 e. The average molecular weight is 357 g/mol. The number of benzene rings is 2. The van der Waals surface area contributed by atoms with Gasteiger partial charge >= 0.3 is 0 Å². The summed E-state index contributed by atoms with van der Waals surface area (Å²) in [6.07, 6.45) is 0.785. The van der Waals surface area contributed by atoms with Crippen molar-refractivity contribution >= 4 is 27.5 Å². The first-order valence-corrected chi connectivity index (χ1v) is 7.70. The van der Waals surface area contributed by atoms with Crippen molar-refractivity contribution < 1.29 is 4.39 Å². The van der Waals surface area contributed by atoms with Gasteiger partial charge in [0.05, 0.1) is 0 Å².